The highest BCUT2D eigenvalue weighted by Gasteiger charge is 2.29. The van der Waals surface area contributed by atoms with Crippen LogP contribution in [-0.2, 0) is 4.74 Å². The fourth-order valence-corrected chi connectivity index (χ4v) is 5.07. The van der Waals surface area contributed by atoms with Gasteiger partial charge < -0.3 is 9.72 Å². The number of carbonyl (C=O) groups is 2. The first-order chi connectivity index (χ1) is 17.7. The number of ketones is 1. The van der Waals surface area contributed by atoms with Crippen molar-refractivity contribution in [2.75, 3.05) is 0 Å². The summed E-state index contributed by atoms with van der Waals surface area (Å²) in [6, 6.07) is 29.8. The summed E-state index contributed by atoms with van der Waals surface area (Å²) in [6.45, 7) is 0. The Labute approximate surface area is 211 Å². The third kappa shape index (κ3) is 3.97. The lowest BCUT2D eigenvalue weighted by molar-refractivity contribution is 0.0282. The van der Waals surface area contributed by atoms with E-state index in [9.17, 15) is 9.59 Å². The van der Waals surface area contributed by atoms with Crippen molar-refractivity contribution in [2.24, 2.45) is 0 Å². The molecule has 1 N–H and O–H groups in total. The lowest BCUT2D eigenvalue weighted by Gasteiger charge is -2.18. The van der Waals surface area contributed by atoms with E-state index in [1.165, 1.54) is 0 Å². The van der Waals surface area contributed by atoms with Gasteiger partial charge in [0.05, 0.1) is 21.7 Å². The Morgan fingerprint density at radius 2 is 1.56 bits per heavy atom. The molecule has 36 heavy (non-hydrogen) atoms. The number of carbonyl (C=O) groups excluding carboxylic acids is 2. The fraction of sp³-hybridized carbons (Fsp3) is 0.0333. The van der Waals surface area contributed by atoms with Crippen molar-refractivity contribution < 1.29 is 14.3 Å². The van der Waals surface area contributed by atoms with Crippen LogP contribution in [-0.4, -0.2) is 21.7 Å². The molecule has 0 spiro atoms. The molecule has 0 fully saturated rings. The molecule has 6 aromatic rings. The SMILES string of the molecule is O=C(OC(C(=O)c1c[nH]c2ccccc12)c1ccccc1)c1cc(-c2cccs2)nc2ccccc12. The molecular weight excluding hydrogens is 468 g/mol. The van der Waals surface area contributed by atoms with Gasteiger partial charge in [0.25, 0.3) is 0 Å². The molecule has 6 rings (SSSR count). The number of benzene rings is 3. The van der Waals surface area contributed by atoms with Crippen LogP contribution >= 0.6 is 11.3 Å². The average Bonchev–Trinajstić information content (AvgIpc) is 3.62. The van der Waals surface area contributed by atoms with E-state index in [0.29, 0.717) is 33.3 Å². The standard InChI is InChI=1S/C30H20N2O3S/c33-28(23-18-31-24-13-6-4-12-21(23)24)29(19-9-2-1-3-10-19)35-30(34)22-17-26(27-15-8-16-36-27)32-25-14-7-5-11-20(22)25/h1-18,29,31H. The Kier molecular flexibility index (Phi) is 5.64. The second-order valence-electron chi connectivity index (χ2n) is 8.36. The maximum atomic E-state index is 13.8. The first-order valence-electron chi connectivity index (χ1n) is 11.5. The zero-order valence-electron chi connectivity index (χ0n) is 19.0. The Balaban J connectivity index is 1.43. The molecule has 0 saturated heterocycles. The fourth-order valence-electron chi connectivity index (χ4n) is 4.38. The summed E-state index contributed by atoms with van der Waals surface area (Å²) in [4.78, 5) is 36.3. The van der Waals surface area contributed by atoms with Crippen LogP contribution in [0.4, 0.5) is 0 Å². The van der Waals surface area contributed by atoms with Crippen molar-refractivity contribution in [3.63, 3.8) is 0 Å². The van der Waals surface area contributed by atoms with Crippen LogP contribution in [0.15, 0.2) is 109 Å². The van der Waals surface area contributed by atoms with Crippen LogP contribution < -0.4 is 0 Å². The number of rotatable bonds is 6. The number of para-hydroxylation sites is 2. The lowest BCUT2D eigenvalue weighted by Crippen LogP contribution is -2.20. The van der Waals surface area contributed by atoms with Gasteiger partial charge >= 0.3 is 5.97 Å². The van der Waals surface area contributed by atoms with Crippen LogP contribution in [0, 0.1) is 0 Å². The van der Waals surface area contributed by atoms with Crippen LogP contribution in [0.3, 0.4) is 0 Å². The summed E-state index contributed by atoms with van der Waals surface area (Å²) < 4.78 is 6.01. The maximum absolute atomic E-state index is 13.8. The van der Waals surface area contributed by atoms with Crippen LogP contribution in [0.5, 0.6) is 0 Å². The van der Waals surface area contributed by atoms with E-state index in [4.69, 9.17) is 9.72 Å². The van der Waals surface area contributed by atoms with Crippen LogP contribution in [0.2, 0.25) is 0 Å². The molecule has 3 aromatic heterocycles. The number of pyridine rings is 1. The molecule has 1 atom stereocenters. The maximum Gasteiger partial charge on any atom is 0.339 e. The Morgan fingerprint density at radius 3 is 2.36 bits per heavy atom. The Morgan fingerprint density at radius 1 is 0.806 bits per heavy atom. The number of thiophene rings is 1. The third-order valence-electron chi connectivity index (χ3n) is 6.13. The molecule has 0 saturated carbocycles. The van der Waals surface area contributed by atoms with Gasteiger partial charge in [0, 0.05) is 33.6 Å². The van der Waals surface area contributed by atoms with Crippen molar-refractivity contribution >= 4 is 44.9 Å². The minimum Gasteiger partial charge on any atom is -0.445 e. The molecule has 0 radical (unpaired) electrons. The summed E-state index contributed by atoms with van der Waals surface area (Å²) in [5, 5.41) is 3.43. The highest BCUT2D eigenvalue weighted by atomic mass is 32.1. The van der Waals surface area contributed by atoms with Crippen molar-refractivity contribution in [2.45, 2.75) is 6.10 Å². The van der Waals surface area contributed by atoms with E-state index < -0.39 is 12.1 Å². The van der Waals surface area contributed by atoms with E-state index in [2.05, 4.69) is 4.98 Å². The normalized spacial score (nSPS) is 12.0. The summed E-state index contributed by atoms with van der Waals surface area (Å²) in [7, 11) is 0. The Hall–Kier alpha value is -4.55. The Bertz CT molecular complexity index is 1710. The van der Waals surface area contributed by atoms with Crippen molar-refractivity contribution in [1.82, 2.24) is 9.97 Å². The topological polar surface area (TPSA) is 72.1 Å². The quantitative estimate of drug-likeness (QED) is 0.198. The largest absolute Gasteiger partial charge is 0.445 e. The number of esters is 1. The molecule has 174 valence electrons. The number of fused-ring (bicyclic) bond motifs is 2. The second kappa shape index (κ2) is 9.24. The van der Waals surface area contributed by atoms with Gasteiger partial charge in [-0.3, -0.25) is 4.79 Å². The number of H-pyrrole nitrogens is 1. The minimum absolute atomic E-state index is 0.288. The molecule has 0 aliphatic carbocycles. The van der Waals surface area contributed by atoms with Gasteiger partial charge in [-0.1, -0.05) is 72.8 Å². The molecule has 3 aromatic carbocycles. The van der Waals surface area contributed by atoms with Crippen LogP contribution in [0.1, 0.15) is 32.4 Å². The van der Waals surface area contributed by atoms with Gasteiger partial charge in [-0.15, -0.1) is 11.3 Å². The predicted octanol–water partition coefficient (Wildman–Crippen LogP) is 7.23. The zero-order chi connectivity index (χ0) is 24.5. The van der Waals surface area contributed by atoms with E-state index in [1.54, 1.807) is 35.7 Å². The van der Waals surface area contributed by atoms with Crippen LogP contribution in [0.25, 0.3) is 32.4 Å². The van der Waals surface area contributed by atoms with E-state index in [1.807, 2.05) is 84.2 Å². The van der Waals surface area contributed by atoms with E-state index in [0.717, 1.165) is 15.8 Å². The average molecular weight is 489 g/mol. The van der Waals surface area contributed by atoms with Crippen molar-refractivity contribution in [3.05, 3.63) is 125 Å². The highest BCUT2D eigenvalue weighted by molar-refractivity contribution is 7.13. The predicted molar refractivity (Wildman–Crippen MR) is 142 cm³/mol. The molecule has 0 bridgehead atoms. The molecular formula is C30H20N2O3S. The minimum atomic E-state index is -1.10. The number of nitrogens with one attached hydrogen (secondary N) is 1. The first kappa shape index (κ1) is 21.9. The molecule has 0 aliphatic rings. The number of aromatic amines is 1. The van der Waals surface area contributed by atoms with Gasteiger partial charge in [0.2, 0.25) is 5.78 Å². The molecule has 0 amide bonds. The van der Waals surface area contributed by atoms with Gasteiger partial charge in [-0.25, -0.2) is 9.78 Å². The number of ether oxygens (including phenoxy) is 1. The second-order valence-corrected chi connectivity index (χ2v) is 9.31. The number of Topliss-reactive ketones (excluding diaryl/α,β-unsaturated/α-hetero) is 1. The smallest absolute Gasteiger partial charge is 0.339 e. The third-order valence-corrected chi connectivity index (χ3v) is 7.02. The van der Waals surface area contributed by atoms with E-state index in [-0.39, 0.29) is 5.78 Å². The number of hydrogen-bond donors (Lipinski definition) is 1. The molecule has 6 heteroatoms. The number of nitrogens with zero attached hydrogens (tertiary/aromatic N) is 1. The van der Waals surface area contributed by atoms with Gasteiger partial charge in [-0.05, 0) is 29.6 Å². The van der Waals surface area contributed by atoms with Crippen molar-refractivity contribution in [3.8, 4) is 10.6 Å². The van der Waals surface area contributed by atoms with Gasteiger partial charge in [-0.2, -0.15) is 0 Å². The zero-order valence-corrected chi connectivity index (χ0v) is 19.9. The first-order valence-corrected chi connectivity index (χ1v) is 12.4. The summed E-state index contributed by atoms with van der Waals surface area (Å²) in [5.74, 6) is -0.864. The van der Waals surface area contributed by atoms with Crippen molar-refractivity contribution in [1.29, 1.82) is 0 Å². The lowest BCUT2D eigenvalue weighted by atomic mass is 9.99. The van der Waals surface area contributed by atoms with E-state index >= 15 is 0 Å². The molecule has 3 heterocycles. The monoisotopic (exact) mass is 488 g/mol. The molecule has 5 nitrogen and oxygen atoms in total. The number of aromatic nitrogens is 2. The highest BCUT2D eigenvalue weighted by Crippen LogP contribution is 2.31. The molecule has 1 unspecified atom stereocenters. The summed E-state index contributed by atoms with van der Waals surface area (Å²) >= 11 is 1.55. The number of hydrogen-bond acceptors (Lipinski definition) is 5. The summed E-state index contributed by atoms with van der Waals surface area (Å²) in [6.07, 6.45) is 0.572. The molecule has 0 aliphatic heterocycles. The van der Waals surface area contributed by atoms with Gasteiger partial charge in [0.15, 0.2) is 6.10 Å². The summed E-state index contributed by atoms with van der Waals surface area (Å²) in [5.41, 5.74) is 3.69. The van der Waals surface area contributed by atoms with Gasteiger partial charge in [0.1, 0.15) is 0 Å².